The Bertz CT molecular complexity index is 1510. The molecule has 1 saturated heterocycles. The van der Waals surface area contributed by atoms with Gasteiger partial charge >= 0.3 is 12.0 Å². The number of Topliss-reactive ketones (excluding diaryl/α,β-unsaturated/α-hetero) is 1. The Morgan fingerprint density at radius 1 is 1.06 bits per heavy atom. The van der Waals surface area contributed by atoms with Crippen LogP contribution in [-0.2, 0) is 33.9 Å². The van der Waals surface area contributed by atoms with E-state index >= 15 is 0 Å². The molecule has 1 aliphatic heterocycles. The van der Waals surface area contributed by atoms with Crippen molar-refractivity contribution in [3.8, 4) is 0 Å². The predicted octanol–water partition coefficient (Wildman–Crippen LogP) is 3.99. The monoisotopic (exact) mass is 670 g/mol. The van der Waals surface area contributed by atoms with Crippen molar-refractivity contribution < 1.29 is 37.1 Å². The van der Waals surface area contributed by atoms with Gasteiger partial charge in [0, 0.05) is 12.1 Å². The number of hydrogen-bond acceptors (Lipinski definition) is 8. The molecule has 1 aromatic carbocycles. The number of ketones is 1. The zero-order valence-corrected chi connectivity index (χ0v) is 28.2. The first kappa shape index (κ1) is 34.6. The van der Waals surface area contributed by atoms with Gasteiger partial charge in [-0.05, 0) is 68.4 Å². The minimum Gasteiger partial charge on any atom is -0.462 e. The molecule has 47 heavy (non-hydrogen) atoms. The van der Waals surface area contributed by atoms with Crippen LogP contribution in [0.15, 0.2) is 43.0 Å². The van der Waals surface area contributed by atoms with Crippen molar-refractivity contribution in [1.82, 2.24) is 14.5 Å². The first-order valence-electron chi connectivity index (χ1n) is 16.5. The Labute approximate surface area is 276 Å². The maximum Gasteiger partial charge on any atom is 0.323 e. The van der Waals surface area contributed by atoms with Crippen LogP contribution < -0.4 is 10.0 Å². The highest BCUT2D eigenvalue weighted by atomic mass is 32.2. The molecule has 256 valence electrons. The predicted molar refractivity (Wildman–Crippen MR) is 174 cm³/mol. The van der Waals surface area contributed by atoms with Gasteiger partial charge in [0.1, 0.15) is 12.1 Å². The van der Waals surface area contributed by atoms with Crippen molar-refractivity contribution in [3.05, 3.63) is 43.0 Å². The molecule has 4 atom stereocenters. The largest absolute Gasteiger partial charge is 0.462 e. The topological polar surface area (TPSA) is 159 Å². The number of para-hydroxylation sites is 1. The number of carbonyl (C=O) groups is 5. The maximum atomic E-state index is 14.3. The summed E-state index contributed by atoms with van der Waals surface area (Å²) < 4.78 is 33.1. The van der Waals surface area contributed by atoms with Gasteiger partial charge in [0.05, 0.1) is 36.2 Å². The van der Waals surface area contributed by atoms with Crippen molar-refractivity contribution in [1.29, 1.82) is 0 Å². The number of allylic oxidation sites excluding steroid dienone is 1. The molecule has 4 fully saturated rings. The summed E-state index contributed by atoms with van der Waals surface area (Å²) in [5, 5.41) is 2.18. The lowest BCUT2D eigenvalue weighted by molar-refractivity contribution is -0.156. The fourth-order valence-corrected chi connectivity index (χ4v) is 8.08. The van der Waals surface area contributed by atoms with Crippen LogP contribution in [0.3, 0.4) is 0 Å². The molecule has 1 aromatic rings. The lowest BCUT2D eigenvalue weighted by Crippen LogP contribution is -2.49. The summed E-state index contributed by atoms with van der Waals surface area (Å²) in [7, 11) is -3.85. The Morgan fingerprint density at radius 2 is 1.72 bits per heavy atom. The Kier molecular flexibility index (Phi) is 9.87. The van der Waals surface area contributed by atoms with Gasteiger partial charge in [0.25, 0.3) is 0 Å². The number of sulfonamides is 1. The van der Waals surface area contributed by atoms with Crippen molar-refractivity contribution in [3.63, 3.8) is 0 Å². The molecule has 0 spiro atoms. The van der Waals surface area contributed by atoms with Gasteiger partial charge in [0.15, 0.2) is 5.78 Å². The van der Waals surface area contributed by atoms with Crippen LogP contribution >= 0.6 is 0 Å². The van der Waals surface area contributed by atoms with Gasteiger partial charge < -0.3 is 19.9 Å². The van der Waals surface area contributed by atoms with Crippen LogP contribution in [0.4, 0.5) is 10.5 Å². The number of hydrogen-bond donors (Lipinski definition) is 2. The molecule has 1 heterocycles. The number of urea groups is 1. The smallest absolute Gasteiger partial charge is 0.323 e. The second kappa shape index (κ2) is 13.4. The van der Waals surface area contributed by atoms with Crippen molar-refractivity contribution in [2.45, 2.75) is 96.0 Å². The van der Waals surface area contributed by atoms with E-state index in [1.165, 1.54) is 9.80 Å². The van der Waals surface area contributed by atoms with E-state index < -0.39 is 73.6 Å². The Morgan fingerprint density at radius 3 is 2.30 bits per heavy atom. The third-order valence-electron chi connectivity index (χ3n) is 9.93. The van der Waals surface area contributed by atoms with E-state index in [1.54, 1.807) is 36.4 Å². The Balaban J connectivity index is 1.38. The minimum atomic E-state index is -3.85. The number of amides is 4. The van der Waals surface area contributed by atoms with Crippen LogP contribution in [0.2, 0.25) is 0 Å². The van der Waals surface area contributed by atoms with E-state index in [9.17, 15) is 32.4 Å². The number of benzene rings is 1. The lowest BCUT2D eigenvalue weighted by Gasteiger charge is -2.34. The Hall–Kier alpha value is -3.74. The molecule has 4 aliphatic rings. The molecule has 2 N–H and O–H groups in total. The van der Waals surface area contributed by atoms with Crippen LogP contribution in [0.5, 0.6) is 0 Å². The summed E-state index contributed by atoms with van der Waals surface area (Å²) >= 11 is 0. The SMILES string of the molecule is C=C[C@@H]1C[C@]1(CC(=O)[C@@H]1CN(C(=O)Nc2ccccc2)CN1C(=O)[C@@H](CC(=O)OC1CCCC1)C(C)(C)C)C(=O)NS(=O)(=O)C1CC1. The summed E-state index contributed by atoms with van der Waals surface area (Å²) in [4.78, 5) is 71.0. The molecule has 0 aromatic heterocycles. The molecule has 12 nitrogen and oxygen atoms in total. The quantitative estimate of drug-likeness (QED) is 0.250. The number of ether oxygens (including phenoxy) is 1. The number of nitrogens with zero attached hydrogens (tertiary/aromatic N) is 2. The molecule has 3 aliphatic carbocycles. The number of nitrogens with one attached hydrogen (secondary N) is 2. The van der Waals surface area contributed by atoms with Gasteiger partial charge in [-0.25, -0.2) is 13.2 Å². The van der Waals surface area contributed by atoms with Crippen molar-refractivity contribution in [2.24, 2.45) is 22.7 Å². The van der Waals surface area contributed by atoms with Crippen LogP contribution in [-0.4, -0.2) is 78.4 Å². The first-order valence-corrected chi connectivity index (χ1v) is 18.0. The maximum absolute atomic E-state index is 14.3. The molecule has 0 bridgehead atoms. The molecule has 0 unspecified atom stereocenters. The van der Waals surface area contributed by atoms with E-state index in [-0.39, 0.29) is 38.6 Å². The zero-order valence-electron chi connectivity index (χ0n) is 27.4. The van der Waals surface area contributed by atoms with Crippen LogP contribution in [0, 0.1) is 22.7 Å². The van der Waals surface area contributed by atoms with Gasteiger partial charge in [-0.3, -0.25) is 23.9 Å². The summed E-state index contributed by atoms with van der Waals surface area (Å²) in [6.07, 6.45) is 5.59. The van der Waals surface area contributed by atoms with E-state index in [4.69, 9.17) is 4.74 Å². The lowest BCUT2D eigenvalue weighted by atomic mass is 9.77. The fourth-order valence-electron chi connectivity index (χ4n) is 6.70. The summed E-state index contributed by atoms with van der Waals surface area (Å²) in [5.41, 5.74) is -1.47. The van der Waals surface area contributed by atoms with E-state index in [1.807, 2.05) is 20.8 Å². The molecule has 0 radical (unpaired) electrons. The highest BCUT2D eigenvalue weighted by Gasteiger charge is 2.61. The highest BCUT2D eigenvalue weighted by molar-refractivity contribution is 7.90. The van der Waals surface area contributed by atoms with Crippen molar-refractivity contribution >= 4 is 45.3 Å². The molecule has 3 saturated carbocycles. The third-order valence-corrected chi connectivity index (χ3v) is 11.8. The molecular weight excluding hydrogens is 624 g/mol. The standard InChI is InChI=1S/C34H46N4O8S/c1-5-22-18-34(22,31(42)36-47(44,45)25-15-16-25)19-28(39)27-20-37(32(43)35-23-11-7-6-8-12-23)21-38(27)30(41)26(33(2,3)4)17-29(40)46-24-13-9-10-14-24/h5-8,11-12,22,24-27H,1,9-10,13-21H2,2-4H3,(H,35,43)(H,36,42)/t22-,26-,27+,34-/m1/s1. The third kappa shape index (κ3) is 7.88. The van der Waals surface area contributed by atoms with Gasteiger partial charge in [-0.1, -0.05) is 45.0 Å². The second-order valence-electron chi connectivity index (χ2n) is 14.5. The summed E-state index contributed by atoms with van der Waals surface area (Å²) in [5.74, 6) is -3.45. The fraction of sp³-hybridized carbons (Fsp3) is 0.618. The van der Waals surface area contributed by atoms with Crippen LogP contribution in [0.1, 0.15) is 78.6 Å². The van der Waals surface area contributed by atoms with Gasteiger partial charge in [-0.15, -0.1) is 6.58 Å². The van der Waals surface area contributed by atoms with Crippen molar-refractivity contribution in [2.75, 3.05) is 18.5 Å². The summed E-state index contributed by atoms with van der Waals surface area (Å²) in [6, 6.07) is 7.13. The van der Waals surface area contributed by atoms with E-state index in [0.29, 0.717) is 18.5 Å². The van der Waals surface area contributed by atoms with Gasteiger partial charge in [0.2, 0.25) is 21.8 Å². The molecular formula is C34H46N4O8S. The second-order valence-corrected chi connectivity index (χ2v) is 16.5. The highest BCUT2D eigenvalue weighted by Crippen LogP contribution is 2.57. The van der Waals surface area contributed by atoms with Crippen LogP contribution in [0.25, 0.3) is 0 Å². The number of esters is 1. The average Bonchev–Trinajstić information content (AvgIpc) is 3.88. The minimum absolute atomic E-state index is 0.135. The molecule has 5 rings (SSSR count). The van der Waals surface area contributed by atoms with Gasteiger partial charge in [-0.2, -0.15) is 0 Å². The van der Waals surface area contributed by atoms with E-state index in [0.717, 1.165) is 25.7 Å². The van der Waals surface area contributed by atoms with E-state index in [2.05, 4.69) is 16.6 Å². The zero-order chi connectivity index (χ0) is 34.1. The molecule has 13 heteroatoms. The first-order chi connectivity index (χ1) is 22.1. The normalized spacial score (nSPS) is 25.2. The average molecular weight is 671 g/mol. The number of rotatable bonds is 12. The summed E-state index contributed by atoms with van der Waals surface area (Å²) in [6.45, 7) is 8.94. The number of anilines is 1. The molecule has 4 amide bonds. The number of carbonyl (C=O) groups excluding carboxylic acids is 5.